The van der Waals surface area contributed by atoms with Crippen LogP contribution in [0.15, 0.2) is 48.5 Å². The van der Waals surface area contributed by atoms with E-state index in [4.69, 9.17) is 4.74 Å². The maximum Gasteiger partial charge on any atom is 0.319 e. The molecule has 6 heteroatoms. The van der Waals surface area contributed by atoms with E-state index in [9.17, 15) is 4.79 Å². The molecule has 0 radical (unpaired) electrons. The van der Waals surface area contributed by atoms with Crippen LogP contribution in [0.25, 0.3) is 11.0 Å². The van der Waals surface area contributed by atoms with Crippen molar-refractivity contribution in [3.63, 3.8) is 0 Å². The van der Waals surface area contributed by atoms with Crippen LogP contribution in [-0.4, -0.2) is 23.1 Å². The quantitative estimate of drug-likeness (QED) is 0.612. The molecule has 0 fully saturated rings. The van der Waals surface area contributed by atoms with Crippen molar-refractivity contribution in [2.24, 2.45) is 5.92 Å². The first-order valence-electron chi connectivity index (χ1n) is 8.77. The average molecular weight is 352 g/mol. The minimum Gasteiger partial charge on any atom is -0.497 e. The lowest BCUT2D eigenvalue weighted by molar-refractivity contribution is 0.242. The van der Waals surface area contributed by atoms with Crippen molar-refractivity contribution in [3.8, 4) is 5.75 Å². The van der Waals surface area contributed by atoms with E-state index >= 15 is 0 Å². The molecule has 0 bridgehead atoms. The Bertz CT molecular complexity index is 857. The Hall–Kier alpha value is -3.02. The molecule has 2 aromatic carbocycles. The molecule has 2 amide bonds. The Balaban J connectivity index is 1.78. The molecular formula is C20H24N4O2. The largest absolute Gasteiger partial charge is 0.497 e. The zero-order valence-electron chi connectivity index (χ0n) is 15.2. The molecule has 0 spiro atoms. The Morgan fingerprint density at radius 3 is 2.77 bits per heavy atom. The highest BCUT2D eigenvalue weighted by molar-refractivity contribution is 5.89. The van der Waals surface area contributed by atoms with Crippen molar-refractivity contribution in [2.45, 2.75) is 26.3 Å². The number of carbonyl (C=O) groups is 1. The number of nitrogens with one attached hydrogen (secondary N) is 3. The fourth-order valence-electron chi connectivity index (χ4n) is 2.84. The maximum absolute atomic E-state index is 12.5. The number of hydrogen-bond donors (Lipinski definition) is 3. The third-order valence-corrected chi connectivity index (χ3v) is 4.53. The van der Waals surface area contributed by atoms with E-state index in [0.29, 0.717) is 11.4 Å². The van der Waals surface area contributed by atoms with Gasteiger partial charge in [0.05, 0.1) is 24.2 Å². The average Bonchev–Trinajstić information content (AvgIpc) is 3.09. The van der Waals surface area contributed by atoms with Crippen LogP contribution in [0.5, 0.6) is 5.75 Å². The molecule has 3 aromatic rings. The summed E-state index contributed by atoms with van der Waals surface area (Å²) in [5, 5.41) is 5.90. The molecule has 1 aromatic heterocycles. The van der Waals surface area contributed by atoms with Crippen LogP contribution >= 0.6 is 0 Å². The zero-order valence-corrected chi connectivity index (χ0v) is 15.2. The summed E-state index contributed by atoms with van der Waals surface area (Å²) in [6, 6.07) is 14.6. The molecule has 0 aliphatic heterocycles. The number of ether oxygens (including phenoxy) is 1. The summed E-state index contributed by atoms with van der Waals surface area (Å²) < 4.78 is 5.19. The number of benzene rings is 2. The van der Waals surface area contributed by atoms with Gasteiger partial charge in [-0.1, -0.05) is 38.5 Å². The van der Waals surface area contributed by atoms with E-state index in [0.717, 1.165) is 23.3 Å². The van der Waals surface area contributed by atoms with Gasteiger partial charge in [-0.05, 0) is 30.2 Å². The number of hydrogen-bond acceptors (Lipinski definition) is 3. The minimum atomic E-state index is -0.274. The van der Waals surface area contributed by atoms with E-state index in [2.05, 4.69) is 34.4 Å². The standard InChI is InChI=1S/C20H24N4O2/c1-4-13(2)18(19-22-16-10-5-6-11-17(16)23-19)24-20(25)21-14-8-7-9-15(12-14)26-3/h5-13,18H,4H2,1-3H3,(H,22,23)(H2,21,24,25)/t13-,18-/m1/s1. The number of H-pyrrole nitrogens is 1. The number of carbonyl (C=O) groups excluding carboxylic acids is 1. The Morgan fingerprint density at radius 2 is 2.04 bits per heavy atom. The predicted octanol–water partition coefficient (Wildman–Crippen LogP) is 4.48. The molecule has 3 N–H and O–H groups in total. The van der Waals surface area contributed by atoms with Crippen molar-refractivity contribution in [1.82, 2.24) is 15.3 Å². The molecule has 136 valence electrons. The summed E-state index contributed by atoms with van der Waals surface area (Å²) in [5.74, 6) is 1.69. The van der Waals surface area contributed by atoms with Crippen LogP contribution in [0.3, 0.4) is 0 Å². The molecule has 0 aliphatic rings. The number of fused-ring (bicyclic) bond motifs is 1. The van der Waals surface area contributed by atoms with Crippen LogP contribution in [0.1, 0.15) is 32.1 Å². The molecule has 1 heterocycles. The first-order valence-corrected chi connectivity index (χ1v) is 8.77. The monoisotopic (exact) mass is 352 g/mol. The first kappa shape index (κ1) is 17.8. The first-order chi connectivity index (χ1) is 12.6. The van der Waals surface area contributed by atoms with Crippen LogP contribution in [0, 0.1) is 5.92 Å². The number of rotatable bonds is 6. The highest BCUT2D eigenvalue weighted by Crippen LogP contribution is 2.25. The van der Waals surface area contributed by atoms with Gasteiger partial charge in [0.15, 0.2) is 0 Å². The second kappa shape index (κ2) is 7.91. The van der Waals surface area contributed by atoms with E-state index in [1.165, 1.54) is 0 Å². The molecule has 6 nitrogen and oxygen atoms in total. The van der Waals surface area contributed by atoms with Gasteiger partial charge in [0.2, 0.25) is 0 Å². The van der Waals surface area contributed by atoms with Crippen LogP contribution in [-0.2, 0) is 0 Å². The van der Waals surface area contributed by atoms with Gasteiger partial charge >= 0.3 is 6.03 Å². The third-order valence-electron chi connectivity index (χ3n) is 4.53. The number of aromatic nitrogens is 2. The number of imidazole rings is 1. The maximum atomic E-state index is 12.5. The number of aromatic amines is 1. The van der Waals surface area contributed by atoms with Gasteiger partial charge in [-0.15, -0.1) is 0 Å². The van der Waals surface area contributed by atoms with Gasteiger partial charge in [0.25, 0.3) is 0 Å². The normalized spacial score (nSPS) is 13.2. The SMILES string of the molecule is CC[C@@H](C)[C@@H](NC(=O)Nc1cccc(OC)c1)c1nc2ccccc2[nH]1. The third kappa shape index (κ3) is 3.96. The number of methoxy groups -OCH3 is 1. The van der Waals surface area contributed by atoms with Gasteiger partial charge < -0.3 is 20.4 Å². The summed E-state index contributed by atoms with van der Waals surface area (Å²) in [6.07, 6.45) is 0.918. The van der Waals surface area contributed by atoms with Crippen molar-refractivity contribution >= 4 is 22.8 Å². The van der Waals surface area contributed by atoms with Crippen molar-refractivity contribution in [2.75, 3.05) is 12.4 Å². The van der Waals surface area contributed by atoms with Crippen LogP contribution < -0.4 is 15.4 Å². The summed E-state index contributed by atoms with van der Waals surface area (Å²) in [5.41, 5.74) is 2.53. The Morgan fingerprint density at radius 1 is 1.23 bits per heavy atom. The van der Waals surface area contributed by atoms with Crippen LogP contribution in [0.4, 0.5) is 10.5 Å². The summed E-state index contributed by atoms with van der Waals surface area (Å²) in [7, 11) is 1.60. The van der Waals surface area contributed by atoms with Gasteiger partial charge in [-0.25, -0.2) is 9.78 Å². The second-order valence-corrected chi connectivity index (χ2v) is 6.33. The Kier molecular flexibility index (Phi) is 5.41. The number of urea groups is 1. The second-order valence-electron chi connectivity index (χ2n) is 6.33. The van der Waals surface area contributed by atoms with Gasteiger partial charge in [-0.2, -0.15) is 0 Å². The van der Waals surface area contributed by atoms with E-state index in [1.54, 1.807) is 13.2 Å². The number of nitrogens with zero attached hydrogens (tertiary/aromatic N) is 1. The molecule has 3 rings (SSSR count). The van der Waals surface area contributed by atoms with E-state index in [-0.39, 0.29) is 18.0 Å². The van der Waals surface area contributed by atoms with Gasteiger partial charge in [0.1, 0.15) is 11.6 Å². The van der Waals surface area contributed by atoms with Crippen molar-refractivity contribution in [1.29, 1.82) is 0 Å². The molecule has 0 aliphatic carbocycles. The molecule has 2 atom stereocenters. The molecule has 0 saturated carbocycles. The summed E-state index contributed by atoms with van der Waals surface area (Å²) in [4.78, 5) is 20.5. The lowest BCUT2D eigenvalue weighted by Crippen LogP contribution is -2.36. The fraction of sp³-hybridized carbons (Fsp3) is 0.300. The van der Waals surface area contributed by atoms with E-state index in [1.807, 2.05) is 42.5 Å². The number of anilines is 1. The summed E-state index contributed by atoms with van der Waals surface area (Å²) >= 11 is 0. The number of amides is 2. The minimum absolute atomic E-state index is 0.210. The molecule has 0 unspecified atom stereocenters. The van der Waals surface area contributed by atoms with Crippen molar-refractivity contribution < 1.29 is 9.53 Å². The molecular weight excluding hydrogens is 328 g/mol. The van der Waals surface area contributed by atoms with Crippen LogP contribution in [0.2, 0.25) is 0 Å². The molecule has 26 heavy (non-hydrogen) atoms. The fourth-order valence-corrected chi connectivity index (χ4v) is 2.84. The highest BCUT2D eigenvalue weighted by atomic mass is 16.5. The topological polar surface area (TPSA) is 79.0 Å². The summed E-state index contributed by atoms with van der Waals surface area (Å²) in [6.45, 7) is 4.20. The number of para-hydroxylation sites is 2. The van der Waals surface area contributed by atoms with Gasteiger partial charge in [0, 0.05) is 11.8 Å². The predicted molar refractivity (Wildman–Crippen MR) is 103 cm³/mol. The lowest BCUT2D eigenvalue weighted by Gasteiger charge is -2.22. The Labute approximate surface area is 153 Å². The smallest absolute Gasteiger partial charge is 0.319 e. The molecule has 0 saturated heterocycles. The van der Waals surface area contributed by atoms with Gasteiger partial charge in [-0.3, -0.25) is 0 Å². The van der Waals surface area contributed by atoms with Crippen molar-refractivity contribution in [3.05, 3.63) is 54.4 Å². The van der Waals surface area contributed by atoms with E-state index < -0.39 is 0 Å². The zero-order chi connectivity index (χ0) is 18.5. The highest BCUT2D eigenvalue weighted by Gasteiger charge is 2.23. The lowest BCUT2D eigenvalue weighted by atomic mass is 9.99.